The van der Waals surface area contributed by atoms with E-state index in [4.69, 9.17) is 0 Å². The minimum atomic E-state index is -3.00. The van der Waals surface area contributed by atoms with Gasteiger partial charge in [-0.2, -0.15) is 0 Å². The van der Waals surface area contributed by atoms with Crippen LogP contribution in [0.5, 0.6) is 0 Å². The van der Waals surface area contributed by atoms with Gasteiger partial charge in [0.25, 0.3) is 5.91 Å². The van der Waals surface area contributed by atoms with Crippen molar-refractivity contribution in [1.82, 2.24) is 10.9 Å². The summed E-state index contributed by atoms with van der Waals surface area (Å²) in [5.41, 5.74) is 8.36. The highest BCUT2D eigenvalue weighted by molar-refractivity contribution is 7.91. The van der Waals surface area contributed by atoms with Gasteiger partial charge in [-0.1, -0.05) is 17.7 Å². The number of carbonyl (C=O) groups is 2. The van der Waals surface area contributed by atoms with Gasteiger partial charge in [0.15, 0.2) is 9.84 Å². The van der Waals surface area contributed by atoms with E-state index >= 15 is 0 Å². The van der Waals surface area contributed by atoms with Crippen LogP contribution in [0.2, 0.25) is 0 Å². The Bertz CT molecular complexity index is 807. The zero-order valence-electron chi connectivity index (χ0n) is 15.0. The summed E-state index contributed by atoms with van der Waals surface area (Å²) in [6, 6.07) is 6.22. The van der Waals surface area contributed by atoms with E-state index in [2.05, 4.69) is 23.8 Å². The second kappa shape index (κ2) is 7.65. The van der Waals surface area contributed by atoms with Gasteiger partial charge in [-0.3, -0.25) is 20.4 Å². The molecule has 1 saturated heterocycles. The lowest BCUT2D eigenvalue weighted by molar-refractivity contribution is -0.128. The number of nitrogens with zero attached hydrogens (tertiary/aromatic N) is 1. The monoisotopic (exact) mass is 379 g/mol. The Labute approximate surface area is 154 Å². The molecule has 1 atom stereocenters. The Balaban J connectivity index is 1.47. The molecular weight excluding hydrogens is 354 g/mol. The molecule has 0 saturated carbocycles. The zero-order chi connectivity index (χ0) is 18.7. The van der Waals surface area contributed by atoms with Gasteiger partial charge in [-0.25, -0.2) is 8.42 Å². The van der Waals surface area contributed by atoms with Gasteiger partial charge in [0.05, 0.1) is 18.1 Å². The van der Waals surface area contributed by atoms with E-state index in [1.807, 2.05) is 17.0 Å². The molecule has 2 amide bonds. The van der Waals surface area contributed by atoms with Crippen molar-refractivity contribution < 1.29 is 18.0 Å². The van der Waals surface area contributed by atoms with Crippen LogP contribution in [-0.2, 0) is 25.8 Å². The van der Waals surface area contributed by atoms with Crippen molar-refractivity contribution in [3.63, 3.8) is 0 Å². The quantitative estimate of drug-likeness (QED) is 0.752. The van der Waals surface area contributed by atoms with Crippen LogP contribution >= 0.6 is 0 Å². The summed E-state index contributed by atoms with van der Waals surface area (Å²) in [6.45, 7) is 3.03. The smallest absolute Gasteiger partial charge is 0.257 e. The number of benzene rings is 1. The molecule has 3 rings (SSSR count). The summed E-state index contributed by atoms with van der Waals surface area (Å²) in [6.07, 6.45) is 2.63. The Morgan fingerprint density at radius 1 is 1.23 bits per heavy atom. The Kier molecular flexibility index (Phi) is 5.50. The molecule has 0 radical (unpaired) electrons. The van der Waals surface area contributed by atoms with Crippen molar-refractivity contribution in [3.8, 4) is 0 Å². The number of rotatable bonds is 4. The number of anilines is 1. The maximum atomic E-state index is 12.2. The van der Waals surface area contributed by atoms with E-state index in [-0.39, 0.29) is 42.2 Å². The summed E-state index contributed by atoms with van der Waals surface area (Å²) in [4.78, 5) is 26.1. The van der Waals surface area contributed by atoms with Gasteiger partial charge < -0.3 is 4.90 Å². The topological polar surface area (TPSA) is 95.6 Å². The lowest BCUT2D eigenvalue weighted by atomic mass is 9.99. The van der Waals surface area contributed by atoms with Gasteiger partial charge >= 0.3 is 0 Å². The molecule has 0 aliphatic carbocycles. The van der Waals surface area contributed by atoms with E-state index < -0.39 is 9.84 Å². The van der Waals surface area contributed by atoms with Crippen molar-refractivity contribution in [2.75, 3.05) is 29.5 Å². The maximum Gasteiger partial charge on any atom is 0.257 e. The van der Waals surface area contributed by atoms with Crippen molar-refractivity contribution in [2.45, 2.75) is 32.6 Å². The van der Waals surface area contributed by atoms with Crippen LogP contribution in [0.25, 0.3) is 0 Å². The summed E-state index contributed by atoms with van der Waals surface area (Å²) >= 11 is 0. The summed E-state index contributed by atoms with van der Waals surface area (Å²) in [5.74, 6) is -0.598. The number of hydrogen-bond acceptors (Lipinski definition) is 5. The highest BCUT2D eigenvalue weighted by Gasteiger charge is 2.29. The first-order valence-corrected chi connectivity index (χ1v) is 10.8. The number of carbonyl (C=O) groups excluding carboxylic acids is 2. The molecule has 1 fully saturated rings. The van der Waals surface area contributed by atoms with Crippen LogP contribution < -0.4 is 15.8 Å². The molecule has 26 heavy (non-hydrogen) atoms. The predicted octanol–water partition coefficient (Wildman–Crippen LogP) is 0.720. The van der Waals surface area contributed by atoms with Gasteiger partial charge in [0.1, 0.15) is 0 Å². The van der Waals surface area contributed by atoms with Crippen molar-refractivity contribution >= 4 is 27.3 Å². The molecule has 7 nitrogen and oxygen atoms in total. The minimum Gasteiger partial charge on any atom is -0.362 e. The highest BCUT2D eigenvalue weighted by atomic mass is 32.2. The zero-order valence-corrected chi connectivity index (χ0v) is 15.8. The largest absolute Gasteiger partial charge is 0.362 e. The summed E-state index contributed by atoms with van der Waals surface area (Å²) in [7, 11) is -3.00. The fourth-order valence-corrected chi connectivity index (χ4v) is 5.53. The number of fused-ring (bicyclic) bond motifs is 1. The van der Waals surface area contributed by atoms with Crippen molar-refractivity contribution in [1.29, 1.82) is 0 Å². The first-order chi connectivity index (χ1) is 12.3. The van der Waals surface area contributed by atoms with E-state index in [9.17, 15) is 18.0 Å². The molecular formula is C18H25N3O4S. The van der Waals surface area contributed by atoms with E-state index in [1.54, 1.807) is 0 Å². The molecule has 8 heteroatoms. The number of amides is 2. The molecule has 2 N–H and O–H groups in total. The Morgan fingerprint density at radius 2 is 2.00 bits per heavy atom. The average molecular weight is 379 g/mol. The number of sulfone groups is 1. The van der Waals surface area contributed by atoms with E-state index in [0.717, 1.165) is 25.1 Å². The third kappa shape index (κ3) is 4.75. The van der Waals surface area contributed by atoms with Gasteiger partial charge in [0, 0.05) is 18.7 Å². The van der Waals surface area contributed by atoms with Crippen LogP contribution in [0, 0.1) is 12.8 Å². The van der Waals surface area contributed by atoms with Crippen LogP contribution in [0.4, 0.5) is 5.69 Å². The predicted molar refractivity (Wildman–Crippen MR) is 99.4 cm³/mol. The first kappa shape index (κ1) is 18.7. The fourth-order valence-electron chi connectivity index (χ4n) is 3.67. The Hall–Kier alpha value is -2.09. The number of nitrogens with one attached hydrogen (secondary N) is 2. The summed E-state index contributed by atoms with van der Waals surface area (Å²) < 4.78 is 22.8. The van der Waals surface area contributed by atoms with Gasteiger partial charge in [-0.05, 0) is 43.7 Å². The molecule has 142 valence electrons. The van der Waals surface area contributed by atoms with Crippen LogP contribution in [0.1, 0.15) is 30.4 Å². The molecule has 0 unspecified atom stereocenters. The standard InChI is InChI=1S/C18H25N3O4S/c1-13-4-5-16-15(9-13)3-2-7-21(16)11-18(23)20-19-17(22)10-14-6-8-26(24,25)12-14/h4-5,9,14H,2-3,6-8,10-12H2,1H3,(H,19,22)(H,20,23)/t14-/m1/s1. The van der Waals surface area contributed by atoms with Crippen LogP contribution in [0.15, 0.2) is 18.2 Å². The van der Waals surface area contributed by atoms with E-state index in [1.165, 1.54) is 11.1 Å². The molecule has 2 aliphatic rings. The second-order valence-corrected chi connectivity index (χ2v) is 9.46. The van der Waals surface area contributed by atoms with Gasteiger partial charge in [-0.15, -0.1) is 0 Å². The maximum absolute atomic E-state index is 12.2. The number of aryl methyl sites for hydroxylation is 2. The molecule has 2 aliphatic heterocycles. The van der Waals surface area contributed by atoms with Crippen molar-refractivity contribution in [2.24, 2.45) is 5.92 Å². The molecule has 1 aromatic carbocycles. The number of hydrogen-bond donors (Lipinski definition) is 2. The normalized spacial score (nSPS) is 21.1. The molecule has 0 bridgehead atoms. The lowest BCUT2D eigenvalue weighted by Crippen LogP contribution is -2.47. The van der Waals surface area contributed by atoms with Crippen LogP contribution in [-0.4, -0.2) is 44.8 Å². The minimum absolute atomic E-state index is 0.0539. The van der Waals surface area contributed by atoms with Crippen LogP contribution in [0.3, 0.4) is 0 Å². The number of hydrazine groups is 1. The molecule has 2 heterocycles. The third-order valence-electron chi connectivity index (χ3n) is 4.93. The summed E-state index contributed by atoms with van der Waals surface area (Å²) in [5, 5.41) is 0. The molecule has 0 spiro atoms. The second-order valence-electron chi connectivity index (χ2n) is 7.23. The SMILES string of the molecule is Cc1ccc2c(c1)CCCN2CC(=O)NNC(=O)C[C@H]1CCS(=O)(=O)C1. The lowest BCUT2D eigenvalue weighted by Gasteiger charge is -2.31. The first-order valence-electron chi connectivity index (χ1n) is 8.95. The molecule has 1 aromatic rings. The van der Waals surface area contributed by atoms with E-state index in [0.29, 0.717) is 6.42 Å². The third-order valence-corrected chi connectivity index (χ3v) is 6.76. The highest BCUT2D eigenvalue weighted by Crippen LogP contribution is 2.27. The Morgan fingerprint density at radius 3 is 2.73 bits per heavy atom. The fraction of sp³-hybridized carbons (Fsp3) is 0.556. The molecule has 0 aromatic heterocycles. The van der Waals surface area contributed by atoms with Crippen molar-refractivity contribution in [3.05, 3.63) is 29.3 Å². The van der Waals surface area contributed by atoms with Gasteiger partial charge in [0.2, 0.25) is 5.91 Å². The average Bonchev–Trinajstić information content (AvgIpc) is 2.91.